The van der Waals surface area contributed by atoms with Crippen LogP contribution >= 0.6 is 0 Å². The summed E-state index contributed by atoms with van der Waals surface area (Å²) in [5.74, 6) is 0.190. The summed E-state index contributed by atoms with van der Waals surface area (Å²) in [6, 6.07) is 10.9. The Morgan fingerprint density at radius 2 is 1.78 bits per heavy atom. The largest absolute Gasteiger partial charge is 0.504 e. The average Bonchev–Trinajstić information content (AvgIpc) is 3.63. The third kappa shape index (κ3) is 9.51. The van der Waals surface area contributed by atoms with Gasteiger partial charge in [-0.3, -0.25) is 9.79 Å². The van der Waals surface area contributed by atoms with Crippen LogP contribution in [0, 0.1) is 5.92 Å². The number of phenolic OH excluding ortho intramolecular Hbond substituents is 1. The topological polar surface area (TPSA) is 155 Å². The zero-order valence-electron chi connectivity index (χ0n) is 27.5. The van der Waals surface area contributed by atoms with E-state index in [4.69, 9.17) is 16.2 Å². The van der Waals surface area contributed by atoms with Crippen LogP contribution in [-0.2, 0) is 24.2 Å². The number of aliphatic imine (C=N–C) groups is 1. The van der Waals surface area contributed by atoms with Crippen LogP contribution in [0.2, 0.25) is 0 Å². The molecule has 2 heterocycles. The molecule has 0 saturated heterocycles. The van der Waals surface area contributed by atoms with E-state index >= 15 is 0 Å². The van der Waals surface area contributed by atoms with E-state index in [0.29, 0.717) is 38.0 Å². The first kappa shape index (κ1) is 35.4. The zero-order chi connectivity index (χ0) is 33.1. The van der Waals surface area contributed by atoms with Crippen molar-refractivity contribution in [3.63, 3.8) is 0 Å². The van der Waals surface area contributed by atoms with Crippen molar-refractivity contribution in [2.45, 2.75) is 103 Å². The highest BCUT2D eigenvalue weighted by atomic mass is 16.5. The van der Waals surface area contributed by atoms with Gasteiger partial charge in [0.1, 0.15) is 5.78 Å². The molecule has 0 saturated carbocycles. The van der Waals surface area contributed by atoms with Crippen molar-refractivity contribution in [3.8, 4) is 11.5 Å². The van der Waals surface area contributed by atoms with E-state index in [1.807, 2.05) is 41.6 Å². The molecule has 0 bridgehead atoms. The van der Waals surface area contributed by atoms with Gasteiger partial charge in [0, 0.05) is 36.9 Å². The number of carbonyl (C=O) groups excluding carboxylic acids is 1. The van der Waals surface area contributed by atoms with Crippen molar-refractivity contribution in [2.24, 2.45) is 22.4 Å². The Bertz CT molecular complexity index is 1420. The number of hydrogen-bond donors (Lipinski definition) is 5. The first-order valence-electron chi connectivity index (χ1n) is 16.9. The fourth-order valence-electron chi connectivity index (χ4n) is 6.22. The molecule has 0 aliphatic carbocycles. The number of benzene rings is 2. The van der Waals surface area contributed by atoms with E-state index in [-0.39, 0.29) is 30.8 Å². The molecule has 0 spiro atoms. The molecule has 2 aromatic carbocycles. The molecule has 9 heteroatoms. The molecule has 250 valence electrons. The standard InChI is InChI=1S/C37H52N4O5/c1-3-5-7-9-30(33(43)10-8-6-4-2)34(44)15-11-25-12-16-35(45)36(17-25)46-24-41-21-31-29(20-40-32(31)22-41)19-28-18-26(37(38)39)13-14-27(28)23-42/h12-14,16-18,20,22,30,33,37,42-43,45H,3-11,15,19,21,23-24,38-39H2,1-2H3/t30-,33-/m1/s1. The van der Waals surface area contributed by atoms with Gasteiger partial charge in [-0.25, -0.2) is 0 Å². The molecular formula is C37H52N4O5. The van der Waals surface area contributed by atoms with E-state index in [0.717, 1.165) is 84.0 Å². The smallest absolute Gasteiger partial charge is 0.163 e. The molecule has 0 fully saturated rings. The van der Waals surface area contributed by atoms with Crippen LogP contribution < -0.4 is 16.2 Å². The van der Waals surface area contributed by atoms with Gasteiger partial charge in [-0.1, -0.05) is 76.6 Å². The molecule has 7 N–H and O–H groups in total. The number of aliphatic hydroxyl groups excluding tert-OH is 2. The maximum Gasteiger partial charge on any atom is 0.163 e. The van der Waals surface area contributed by atoms with Crippen molar-refractivity contribution in [3.05, 3.63) is 81.7 Å². The van der Waals surface area contributed by atoms with Crippen LogP contribution in [0.5, 0.6) is 11.5 Å². The van der Waals surface area contributed by atoms with Crippen molar-refractivity contribution in [2.75, 3.05) is 13.3 Å². The van der Waals surface area contributed by atoms with Crippen molar-refractivity contribution < 1.29 is 24.9 Å². The molecule has 2 aliphatic heterocycles. The minimum Gasteiger partial charge on any atom is -0.504 e. The van der Waals surface area contributed by atoms with Crippen molar-refractivity contribution in [1.29, 1.82) is 0 Å². The number of carbonyl (C=O) groups is 1. The number of nitrogens with zero attached hydrogens (tertiary/aromatic N) is 2. The number of ether oxygens (including phenoxy) is 1. The summed E-state index contributed by atoms with van der Waals surface area (Å²) in [6.45, 7) is 5.02. The number of rotatable bonds is 20. The maximum absolute atomic E-state index is 13.3. The summed E-state index contributed by atoms with van der Waals surface area (Å²) in [5, 5.41) is 31.2. The first-order valence-corrected chi connectivity index (χ1v) is 16.9. The van der Waals surface area contributed by atoms with E-state index in [1.54, 1.807) is 12.1 Å². The van der Waals surface area contributed by atoms with Gasteiger partial charge in [0.2, 0.25) is 0 Å². The van der Waals surface area contributed by atoms with Gasteiger partial charge in [0.15, 0.2) is 18.2 Å². The summed E-state index contributed by atoms with van der Waals surface area (Å²) >= 11 is 0. The minimum absolute atomic E-state index is 0.0401. The molecular weight excluding hydrogens is 580 g/mol. The fraction of sp³-hybridized carbons (Fsp3) is 0.514. The second-order valence-corrected chi connectivity index (χ2v) is 12.6. The van der Waals surface area contributed by atoms with E-state index in [1.165, 1.54) is 0 Å². The monoisotopic (exact) mass is 632 g/mol. The van der Waals surface area contributed by atoms with Crippen LogP contribution in [0.15, 0.2) is 64.4 Å². The Balaban J connectivity index is 1.35. The molecule has 0 radical (unpaired) electrons. The number of hydrogen-bond acceptors (Lipinski definition) is 9. The quantitative estimate of drug-likeness (QED) is 0.0940. The summed E-state index contributed by atoms with van der Waals surface area (Å²) < 4.78 is 6.04. The zero-order valence-corrected chi connectivity index (χ0v) is 27.5. The summed E-state index contributed by atoms with van der Waals surface area (Å²) in [5.41, 5.74) is 18.3. The molecule has 9 nitrogen and oxygen atoms in total. The summed E-state index contributed by atoms with van der Waals surface area (Å²) in [7, 11) is 0. The van der Waals surface area contributed by atoms with Crippen LogP contribution in [-0.4, -0.2) is 51.6 Å². The van der Waals surface area contributed by atoms with Crippen LogP contribution in [0.1, 0.15) is 100 Å². The van der Waals surface area contributed by atoms with E-state index in [2.05, 4.69) is 18.8 Å². The summed E-state index contributed by atoms with van der Waals surface area (Å²) in [4.78, 5) is 19.9. The predicted octanol–water partition coefficient (Wildman–Crippen LogP) is 5.56. The van der Waals surface area contributed by atoms with Gasteiger partial charge in [0.25, 0.3) is 0 Å². The molecule has 2 aromatic rings. The van der Waals surface area contributed by atoms with Gasteiger partial charge in [-0.15, -0.1) is 0 Å². The fourth-order valence-corrected chi connectivity index (χ4v) is 6.22. The summed E-state index contributed by atoms with van der Waals surface area (Å²) in [6.07, 6.45) is 11.7. The number of Topliss-reactive ketones (excluding diaryl/α,β-unsaturated/α-hetero) is 1. The lowest BCUT2D eigenvalue weighted by Gasteiger charge is -2.22. The lowest BCUT2D eigenvalue weighted by atomic mass is 9.86. The Morgan fingerprint density at radius 3 is 2.50 bits per heavy atom. The van der Waals surface area contributed by atoms with Crippen LogP contribution in [0.4, 0.5) is 0 Å². The number of aryl methyl sites for hydroxylation is 1. The molecule has 46 heavy (non-hydrogen) atoms. The van der Waals surface area contributed by atoms with Gasteiger partial charge in [0.05, 0.1) is 24.6 Å². The number of fused-ring (bicyclic) bond motifs is 1. The highest BCUT2D eigenvalue weighted by Gasteiger charge is 2.27. The Kier molecular flexibility index (Phi) is 13.4. The maximum atomic E-state index is 13.3. The predicted molar refractivity (Wildman–Crippen MR) is 182 cm³/mol. The lowest BCUT2D eigenvalue weighted by molar-refractivity contribution is -0.126. The van der Waals surface area contributed by atoms with Crippen molar-refractivity contribution >= 4 is 12.0 Å². The number of phenols is 1. The van der Waals surface area contributed by atoms with E-state index in [9.17, 15) is 20.1 Å². The number of allylic oxidation sites excluding steroid dienone is 1. The first-order chi connectivity index (χ1) is 22.2. The molecule has 4 rings (SSSR count). The van der Waals surface area contributed by atoms with Crippen LogP contribution in [0.3, 0.4) is 0 Å². The number of unbranched alkanes of at least 4 members (excludes halogenated alkanes) is 4. The molecule has 0 aromatic heterocycles. The van der Waals surface area contributed by atoms with E-state index < -0.39 is 12.3 Å². The number of aromatic hydroxyl groups is 1. The molecule has 2 atom stereocenters. The molecule has 0 unspecified atom stereocenters. The minimum atomic E-state index is -0.591. The van der Waals surface area contributed by atoms with Crippen molar-refractivity contribution in [1.82, 2.24) is 4.90 Å². The number of ketones is 1. The Hall–Kier alpha value is -3.50. The average molecular weight is 633 g/mol. The highest BCUT2D eigenvalue weighted by molar-refractivity contribution is 5.87. The normalized spacial score (nSPS) is 15.5. The van der Waals surface area contributed by atoms with Gasteiger partial charge in [-0.2, -0.15) is 0 Å². The number of aliphatic hydroxyl groups is 2. The van der Waals surface area contributed by atoms with Gasteiger partial charge < -0.3 is 36.4 Å². The molecule has 0 amide bonds. The highest BCUT2D eigenvalue weighted by Crippen LogP contribution is 2.33. The Morgan fingerprint density at radius 1 is 1.02 bits per heavy atom. The third-order valence-corrected chi connectivity index (χ3v) is 9.06. The number of nitrogens with two attached hydrogens (primary N) is 2. The second kappa shape index (κ2) is 17.4. The third-order valence-electron chi connectivity index (χ3n) is 9.06. The SMILES string of the molecule is CCCCC[C@@H](O)[C@@H](CCCCC)C(=O)CCc1ccc(O)c(OCN2C=C3N=CC(Cc4cc(C(N)N)ccc4CO)=C3C2)c1. The van der Waals surface area contributed by atoms with Crippen LogP contribution in [0.25, 0.3) is 0 Å². The van der Waals surface area contributed by atoms with Gasteiger partial charge in [-0.05, 0) is 65.6 Å². The lowest BCUT2D eigenvalue weighted by Crippen LogP contribution is -2.28. The molecule has 2 aliphatic rings. The second-order valence-electron chi connectivity index (χ2n) is 12.6. The Labute approximate surface area is 273 Å². The van der Waals surface area contributed by atoms with Gasteiger partial charge >= 0.3 is 0 Å².